The molecule has 30 heavy (non-hydrogen) atoms. The molecule has 0 bridgehead atoms. The van der Waals surface area contributed by atoms with Gasteiger partial charge in [-0.3, -0.25) is 4.79 Å². The molecule has 1 amide bonds. The minimum atomic E-state index is -0.827. The van der Waals surface area contributed by atoms with E-state index in [9.17, 15) is 15.0 Å². The largest absolute Gasteiger partial charge is 0.394 e. The molecule has 0 fully saturated rings. The SMILES string of the molecule is CCCCC/C=C/C(O)C(CO)NC(=O)CCCCCCCCCCCCCCC. The van der Waals surface area contributed by atoms with Crippen LogP contribution in [0.25, 0.3) is 0 Å². The second kappa shape index (κ2) is 22.8. The average molecular weight is 426 g/mol. The van der Waals surface area contributed by atoms with Gasteiger partial charge in [-0.05, 0) is 19.3 Å². The summed E-state index contributed by atoms with van der Waals surface area (Å²) in [5.41, 5.74) is 0. The highest BCUT2D eigenvalue weighted by Gasteiger charge is 2.17. The van der Waals surface area contributed by atoms with Crippen molar-refractivity contribution >= 4 is 5.91 Å². The zero-order chi connectivity index (χ0) is 22.3. The van der Waals surface area contributed by atoms with E-state index in [0.29, 0.717) is 6.42 Å². The Morgan fingerprint density at radius 3 is 1.73 bits per heavy atom. The number of aliphatic hydroxyl groups excluding tert-OH is 2. The smallest absolute Gasteiger partial charge is 0.220 e. The molecule has 0 aliphatic carbocycles. The van der Waals surface area contributed by atoms with Gasteiger partial charge >= 0.3 is 0 Å². The van der Waals surface area contributed by atoms with Crippen molar-refractivity contribution in [3.8, 4) is 0 Å². The third-order valence-corrected chi connectivity index (χ3v) is 5.77. The third kappa shape index (κ3) is 19.1. The molecule has 0 aromatic carbocycles. The number of amides is 1. The molecule has 3 N–H and O–H groups in total. The molecule has 0 aliphatic rings. The summed E-state index contributed by atoms with van der Waals surface area (Å²) in [6.45, 7) is 4.18. The van der Waals surface area contributed by atoms with Gasteiger partial charge in [0.1, 0.15) is 0 Å². The van der Waals surface area contributed by atoms with Gasteiger partial charge < -0.3 is 15.5 Å². The summed E-state index contributed by atoms with van der Waals surface area (Å²) in [5, 5.41) is 22.4. The first-order valence-corrected chi connectivity index (χ1v) is 12.9. The molecule has 2 unspecified atom stereocenters. The Kier molecular flexibility index (Phi) is 22.1. The second-order valence-electron chi connectivity index (χ2n) is 8.76. The summed E-state index contributed by atoms with van der Waals surface area (Å²) in [6, 6.07) is -0.609. The zero-order valence-electron chi connectivity index (χ0n) is 20.0. The predicted molar refractivity (Wildman–Crippen MR) is 129 cm³/mol. The number of aliphatic hydroxyl groups is 2. The minimum Gasteiger partial charge on any atom is -0.394 e. The van der Waals surface area contributed by atoms with Crippen molar-refractivity contribution in [2.45, 2.75) is 142 Å². The molecule has 0 aliphatic heterocycles. The number of hydrogen-bond donors (Lipinski definition) is 3. The maximum Gasteiger partial charge on any atom is 0.220 e. The van der Waals surface area contributed by atoms with E-state index >= 15 is 0 Å². The fourth-order valence-corrected chi connectivity index (χ4v) is 3.70. The van der Waals surface area contributed by atoms with Crippen LogP contribution in [0.5, 0.6) is 0 Å². The molecule has 0 saturated carbocycles. The highest BCUT2D eigenvalue weighted by atomic mass is 16.3. The van der Waals surface area contributed by atoms with Crippen LogP contribution in [0.3, 0.4) is 0 Å². The van der Waals surface area contributed by atoms with Crippen LogP contribution in [0.15, 0.2) is 12.2 Å². The van der Waals surface area contributed by atoms with E-state index in [-0.39, 0.29) is 12.5 Å². The van der Waals surface area contributed by atoms with E-state index in [4.69, 9.17) is 0 Å². The standard InChI is InChI=1S/C26H51NO3/c1-3-5-7-9-10-11-12-13-14-15-16-18-20-22-26(30)27-24(23-28)25(29)21-19-17-8-6-4-2/h19,21,24-25,28-29H,3-18,20,22-23H2,1-2H3,(H,27,30)/b21-19+. The molecule has 0 spiro atoms. The fraction of sp³-hybridized carbons (Fsp3) is 0.885. The molecule has 2 atom stereocenters. The van der Waals surface area contributed by atoms with Crippen LogP contribution >= 0.6 is 0 Å². The lowest BCUT2D eigenvalue weighted by molar-refractivity contribution is -0.123. The third-order valence-electron chi connectivity index (χ3n) is 5.77. The molecule has 4 nitrogen and oxygen atoms in total. The molecule has 0 rings (SSSR count). The first-order chi connectivity index (χ1) is 14.7. The monoisotopic (exact) mass is 425 g/mol. The van der Waals surface area contributed by atoms with Crippen LogP contribution in [0.2, 0.25) is 0 Å². The number of nitrogens with one attached hydrogen (secondary N) is 1. The van der Waals surface area contributed by atoms with E-state index in [2.05, 4.69) is 19.2 Å². The lowest BCUT2D eigenvalue weighted by atomic mass is 10.0. The van der Waals surface area contributed by atoms with E-state index in [1.54, 1.807) is 6.08 Å². The van der Waals surface area contributed by atoms with Gasteiger partial charge in [0.25, 0.3) is 0 Å². The lowest BCUT2D eigenvalue weighted by Gasteiger charge is -2.20. The Hall–Kier alpha value is -0.870. The first kappa shape index (κ1) is 29.1. The maximum absolute atomic E-state index is 12.1. The van der Waals surface area contributed by atoms with Crippen LogP contribution in [0.4, 0.5) is 0 Å². The fourth-order valence-electron chi connectivity index (χ4n) is 3.70. The molecule has 0 aromatic rings. The summed E-state index contributed by atoms with van der Waals surface area (Å²) in [6.07, 6.45) is 24.4. The summed E-state index contributed by atoms with van der Waals surface area (Å²) >= 11 is 0. The van der Waals surface area contributed by atoms with Crippen LogP contribution < -0.4 is 5.32 Å². The summed E-state index contributed by atoms with van der Waals surface area (Å²) in [5.74, 6) is -0.0736. The Morgan fingerprint density at radius 1 is 0.767 bits per heavy atom. The van der Waals surface area contributed by atoms with Crippen LogP contribution in [0, 0.1) is 0 Å². The molecular formula is C26H51NO3. The quantitative estimate of drug-likeness (QED) is 0.138. The van der Waals surface area contributed by atoms with Gasteiger partial charge in [0.05, 0.1) is 18.8 Å². The van der Waals surface area contributed by atoms with Gasteiger partial charge in [-0.2, -0.15) is 0 Å². The van der Waals surface area contributed by atoms with Gasteiger partial charge in [0, 0.05) is 6.42 Å². The molecule has 0 radical (unpaired) electrons. The second-order valence-corrected chi connectivity index (χ2v) is 8.76. The number of unbranched alkanes of at least 4 members (excludes halogenated alkanes) is 15. The Labute approximate surface area is 186 Å². The zero-order valence-corrected chi connectivity index (χ0v) is 20.0. The topological polar surface area (TPSA) is 69.6 Å². The van der Waals surface area contributed by atoms with E-state index in [1.807, 2.05) is 6.08 Å². The van der Waals surface area contributed by atoms with Crippen LogP contribution in [0.1, 0.15) is 129 Å². The highest BCUT2D eigenvalue weighted by Crippen LogP contribution is 2.13. The van der Waals surface area contributed by atoms with Crippen molar-refractivity contribution in [3.63, 3.8) is 0 Å². The van der Waals surface area contributed by atoms with Crippen LogP contribution in [-0.4, -0.2) is 34.9 Å². The van der Waals surface area contributed by atoms with Crippen molar-refractivity contribution in [2.75, 3.05) is 6.61 Å². The molecule has 4 heteroatoms. The molecular weight excluding hydrogens is 374 g/mol. The van der Waals surface area contributed by atoms with E-state index in [1.165, 1.54) is 83.5 Å². The summed E-state index contributed by atoms with van der Waals surface area (Å²) in [4.78, 5) is 12.1. The molecule has 178 valence electrons. The van der Waals surface area contributed by atoms with Gasteiger partial charge in [0.2, 0.25) is 5.91 Å². The Bertz CT molecular complexity index is 398. The minimum absolute atomic E-state index is 0.0736. The van der Waals surface area contributed by atoms with E-state index < -0.39 is 12.1 Å². The Balaban J connectivity index is 3.62. The normalized spacial score (nSPS) is 13.6. The van der Waals surface area contributed by atoms with Gasteiger partial charge in [-0.25, -0.2) is 0 Å². The summed E-state index contributed by atoms with van der Waals surface area (Å²) in [7, 11) is 0. The van der Waals surface area contributed by atoms with Crippen molar-refractivity contribution in [2.24, 2.45) is 0 Å². The first-order valence-electron chi connectivity index (χ1n) is 12.9. The van der Waals surface area contributed by atoms with Gasteiger partial charge in [0.15, 0.2) is 0 Å². The van der Waals surface area contributed by atoms with E-state index in [0.717, 1.165) is 25.7 Å². The van der Waals surface area contributed by atoms with Crippen molar-refractivity contribution < 1.29 is 15.0 Å². The Morgan fingerprint density at radius 2 is 1.23 bits per heavy atom. The number of carbonyl (C=O) groups excluding carboxylic acids is 1. The predicted octanol–water partition coefficient (Wildman–Crippen LogP) is 6.44. The summed E-state index contributed by atoms with van der Waals surface area (Å²) < 4.78 is 0. The van der Waals surface area contributed by atoms with Crippen molar-refractivity contribution in [1.82, 2.24) is 5.32 Å². The number of rotatable bonds is 22. The number of allylic oxidation sites excluding steroid dienone is 1. The molecule has 0 heterocycles. The van der Waals surface area contributed by atoms with Gasteiger partial charge in [-0.1, -0.05) is 116 Å². The maximum atomic E-state index is 12.1. The average Bonchev–Trinajstić information content (AvgIpc) is 2.75. The van der Waals surface area contributed by atoms with Gasteiger partial charge in [-0.15, -0.1) is 0 Å². The number of hydrogen-bond acceptors (Lipinski definition) is 3. The molecule has 0 saturated heterocycles. The van der Waals surface area contributed by atoms with Crippen molar-refractivity contribution in [1.29, 1.82) is 0 Å². The lowest BCUT2D eigenvalue weighted by Crippen LogP contribution is -2.45. The van der Waals surface area contributed by atoms with Crippen LogP contribution in [-0.2, 0) is 4.79 Å². The molecule has 0 aromatic heterocycles. The number of carbonyl (C=O) groups is 1. The highest BCUT2D eigenvalue weighted by molar-refractivity contribution is 5.76. The van der Waals surface area contributed by atoms with Crippen molar-refractivity contribution in [3.05, 3.63) is 12.2 Å².